The molecule has 1 amide bonds. The number of benzene rings is 1. The van der Waals surface area contributed by atoms with Crippen molar-refractivity contribution in [3.63, 3.8) is 0 Å². The lowest BCUT2D eigenvalue weighted by atomic mass is 10.1. The van der Waals surface area contributed by atoms with Gasteiger partial charge in [0.2, 0.25) is 0 Å². The van der Waals surface area contributed by atoms with Crippen LogP contribution in [0.3, 0.4) is 0 Å². The predicted octanol–water partition coefficient (Wildman–Crippen LogP) is 1.06. The van der Waals surface area contributed by atoms with Crippen LogP contribution in [0.5, 0.6) is 11.5 Å². The summed E-state index contributed by atoms with van der Waals surface area (Å²) in [5.41, 5.74) is 6.79. The first-order valence-electron chi connectivity index (χ1n) is 9.78. The Morgan fingerprint density at radius 2 is 1.93 bits per heavy atom. The van der Waals surface area contributed by atoms with E-state index < -0.39 is 5.91 Å². The van der Waals surface area contributed by atoms with Crippen LogP contribution in [0, 0.1) is 11.8 Å². The van der Waals surface area contributed by atoms with Gasteiger partial charge in [-0.25, -0.2) is 0 Å². The number of primary amides is 1. The highest BCUT2D eigenvalue weighted by Crippen LogP contribution is 2.22. The molecule has 0 aliphatic carbocycles. The highest BCUT2D eigenvalue weighted by atomic mass is 16.5. The van der Waals surface area contributed by atoms with Crippen molar-refractivity contribution in [2.24, 2.45) is 5.73 Å². The van der Waals surface area contributed by atoms with Crippen molar-refractivity contribution < 1.29 is 19.0 Å². The van der Waals surface area contributed by atoms with E-state index in [0.717, 1.165) is 39.3 Å². The van der Waals surface area contributed by atoms with E-state index in [0.29, 0.717) is 35.1 Å². The van der Waals surface area contributed by atoms with E-state index in [1.807, 2.05) is 0 Å². The summed E-state index contributed by atoms with van der Waals surface area (Å²) in [4.78, 5) is 14.3. The molecule has 1 saturated heterocycles. The Bertz CT molecular complexity index is 903. The maximum absolute atomic E-state index is 12.0. The quantitative estimate of drug-likeness (QED) is 0.438. The molecule has 9 heteroatoms. The molecule has 9 nitrogen and oxygen atoms in total. The molecule has 1 aromatic carbocycles. The first-order valence-corrected chi connectivity index (χ1v) is 9.78. The molecule has 4 N–H and O–H groups in total. The minimum Gasteiger partial charge on any atom is -0.497 e. The Morgan fingerprint density at radius 1 is 1.23 bits per heavy atom. The molecule has 1 aliphatic heterocycles. The number of rotatable bonds is 8. The second kappa shape index (κ2) is 10.5. The van der Waals surface area contributed by atoms with Crippen molar-refractivity contribution in [1.82, 2.24) is 15.1 Å². The third kappa shape index (κ3) is 5.65. The number of aromatic amines is 1. The smallest absolute Gasteiger partial charge is 0.255 e. The lowest BCUT2D eigenvalue weighted by Crippen LogP contribution is -2.37. The van der Waals surface area contributed by atoms with Gasteiger partial charge in [-0.2, -0.15) is 5.10 Å². The molecule has 0 radical (unpaired) electrons. The number of morpholine rings is 1. The Labute approximate surface area is 175 Å². The molecule has 3 rings (SSSR count). The summed E-state index contributed by atoms with van der Waals surface area (Å²) in [5.74, 6) is 7.03. The van der Waals surface area contributed by atoms with Gasteiger partial charge in [0.1, 0.15) is 28.6 Å². The van der Waals surface area contributed by atoms with Gasteiger partial charge in [0.25, 0.3) is 5.91 Å². The average molecular weight is 413 g/mol. The van der Waals surface area contributed by atoms with Crippen molar-refractivity contribution in [2.75, 3.05) is 58.9 Å². The summed E-state index contributed by atoms with van der Waals surface area (Å²) < 4.78 is 15.9. The number of nitrogens with one attached hydrogen (secondary N) is 2. The Hall–Kier alpha value is -3.22. The molecule has 0 spiro atoms. The number of anilines is 1. The largest absolute Gasteiger partial charge is 0.497 e. The molecular weight excluding hydrogens is 386 g/mol. The van der Waals surface area contributed by atoms with Crippen LogP contribution in [0.15, 0.2) is 18.2 Å². The van der Waals surface area contributed by atoms with E-state index in [2.05, 4.69) is 32.3 Å². The van der Waals surface area contributed by atoms with Crippen LogP contribution in [0.2, 0.25) is 0 Å². The van der Waals surface area contributed by atoms with E-state index in [1.54, 1.807) is 32.4 Å². The fourth-order valence-corrected chi connectivity index (χ4v) is 3.15. The first-order chi connectivity index (χ1) is 14.6. The van der Waals surface area contributed by atoms with Crippen LogP contribution < -0.4 is 20.5 Å². The molecular formula is C21H27N5O4. The number of nitrogens with two attached hydrogens (primary N) is 1. The van der Waals surface area contributed by atoms with E-state index in [-0.39, 0.29) is 5.56 Å². The van der Waals surface area contributed by atoms with Crippen LogP contribution in [-0.2, 0) is 4.74 Å². The monoisotopic (exact) mass is 413 g/mol. The fraction of sp³-hybridized carbons (Fsp3) is 0.429. The van der Waals surface area contributed by atoms with Gasteiger partial charge in [-0.15, -0.1) is 0 Å². The third-order valence-corrected chi connectivity index (χ3v) is 4.75. The number of hydrogen-bond donors (Lipinski definition) is 3. The number of methoxy groups -OCH3 is 2. The van der Waals surface area contributed by atoms with Crippen molar-refractivity contribution in [2.45, 2.75) is 6.42 Å². The zero-order valence-corrected chi connectivity index (χ0v) is 17.3. The highest BCUT2D eigenvalue weighted by molar-refractivity contribution is 5.99. The summed E-state index contributed by atoms with van der Waals surface area (Å²) >= 11 is 0. The van der Waals surface area contributed by atoms with Gasteiger partial charge in [-0.1, -0.05) is 5.92 Å². The average Bonchev–Trinajstić information content (AvgIpc) is 3.18. The number of nitrogens with zero attached hydrogens (tertiary/aromatic N) is 2. The Morgan fingerprint density at radius 3 is 2.57 bits per heavy atom. The van der Waals surface area contributed by atoms with Gasteiger partial charge >= 0.3 is 0 Å². The van der Waals surface area contributed by atoms with Gasteiger partial charge in [0, 0.05) is 31.3 Å². The van der Waals surface area contributed by atoms with Gasteiger partial charge in [0.15, 0.2) is 0 Å². The minimum absolute atomic E-state index is 0.253. The van der Waals surface area contributed by atoms with Gasteiger partial charge in [0.05, 0.1) is 27.4 Å². The molecule has 1 aromatic heterocycles. The Balaban J connectivity index is 1.67. The maximum atomic E-state index is 12.0. The molecule has 0 saturated carbocycles. The van der Waals surface area contributed by atoms with Crippen molar-refractivity contribution in [3.8, 4) is 23.3 Å². The lowest BCUT2D eigenvalue weighted by molar-refractivity contribution is 0.0378. The number of amides is 1. The second-order valence-electron chi connectivity index (χ2n) is 6.77. The summed E-state index contributed by atoms with van der Waals surface area (Å²) in [6, 6.07) is 5.31. The molecule has 1 aliphatic rings. The highest BCUT2D eigenvalue weighted by Gasteiger charge is 2.17. The van der Waals surface area contributed by atoms with Gasteiger partial charge in [-0.3, -0.25) is 14.8 Å². The van der Waals surface area contributed by atoms with Crippen molar-refractivity contribution >= 4 is 11.7 Å². The topological polar surface area (TPSA) is 115 Å². The minimum atomic E-state index is -0.591. The molecule has 30 heavy (non-hydrogen) atoms. The summed E-state index contributed by atoms with van der Waals surface area (Å²) in [6.07, 6.45) is 0.918. The van der Waals surface area contributed by atoms with Crippen LogP contribution in [0.4, 0.5) is 5.82 Å². The first kappa shape index (κ1) is 21.5. The standard InChI is InChI=1S/C21H27N5O4/c1-28-16-12-15(13-17(14-16)29-2)4-5-18-19(20(22)27)21(25-24-18)23-6-3-7-26-8-10-30-11-9-26/h12-14H,3,6-11H2,1-2H3,(H2,22,27)(H2,23,24,25). The number of hydrogen-bond acceptors (Lipinski definition) is 7. The van der Waals surface area contributed by atoms with Crippen LogP contribution in [0.1, 0.15) is 28.0 Å². The van der Waals surface area contributed by atoms with Crippen LogP contribution in [-0.4, -0.2) is 74.6 Å². The number of aromatic nitrogens is 2. The third-order valence-electron chi connectivity index (χ3n) is 4.75. The van der Waals surface area contributed by atoms with Gasteiger partial charge < -0.3 is 25.3 Å². The number of H-pyrrole nitrogens is 1. The summed E-state index contributed by atoms with van der Waals surface area (Å²) in [5, 5.41) is 10.2. The molecule has 2 aromatic rings. The van der Waals surface area contributed by atoms with E-state index in [1.165, 1.54) is 0 Å². The summed E-state index contributed by atoms with van der Waals surface area (Å²) in [7, 11) is 3.14. The van der Waals surface area contributed by atoms with Crippen molar-refractivity contribution in [3.05, 3.63) is 35.0 Å². The molecule has 0 bridgehead atoms. The predicted molar refractivity (Wildman–Crippen MR) is 113 cm³/mol. The number of carbonyl (C=O) groups excluding carboxylic acids is 1. The van der Waals surface area contributed by atoms with Crippen LogP contribution >= 0.6 is 0 Å². The molecule has 160 valence electrons. The van der Waals surface area contributed by atoms with E-state index in [4.69, 9.17) is 19.9 Å². The number of ether oxygens (including phenoxy) is 3. The fourth-order valence-electron chi connectivity index (χ4n) is 3.15. The van der Waals surface area contributed by atoms with Crippen LogP contribution in [0.25, 0.3) is 0 Å². The lowest BCUT2D eigenvalue weighted by Gasteiger charge is -2.26. The molecule has 1 fully saturated rings. The summed E-state index contributed by atoms with van der Waals surface area (Å²) in [6.45, 7) is 5.10. The van der Waals surface area contributed by atoms with E-state index in [9.17, 15) is 4.79 Å². The maximum Gasteiger partial charge on any atom is 0.255 e. The number of carbonyl (C=O) groups is 1. The van der Waals surface area contributed by atoms with Gasteiger partial charge in [-0.05, 0) is 31.0 Å². The van der Waals surface area contributed by atoms with E-state index >= 15 is 0 Å². The zero-order valence-electron chi connectivity index (χ0n) is 17.3. The second-order valence-corrected chi connectivity index (χ2v) is 6.77. The molecule has 2 heterocycles. The molecule has 0 unspecified atom stereocenters. The normalized spacial score (nSPS) is 13.9. The Kier molecular flexibility index (Phi) is 7.54. The SMILES string of the molecule is COc1cc(C#Cc2n[nH]c(NCCCN3CCOCC3)c2C(N)=O)cc(OC)c1. The van der Waals surface area contributed by atoms with Crippen molar-refractivity contribution in [1.29, 1.82) is 0 Å². The molecule has 0 atom stereocenters. The zero-order chi connectivity index (χ0) is 21.3.